The lowest BCUT2D eigenvalue weighted by Crippen LogP contribution is -2.02. The van der Waals surface area contributed by atoms with Gasteiger partial charge in [0.1, 0.15) is 5.75 Å². The van der Waals surface area contributed by atoms with Gasteiger partial charge >= 0.3 is 5.97 Å². The molecule has 0 atom stereocenters. The fraction of sp³-hybridized carbons (Fsp3) is 0.188. The number of carboxylic acid groups (broad SMARTS) is 1. The largest absolute Gasteiger partial charge is 0.493 e. The first-order valence-corrected chi connectivity index (χ1v) is 6.72. The summed E-state index contributed by atoms with van der Waals surface area (Å²) in [5.41, 5.74) is 2.39. The Morgan fingerprint density at radius 1 is 1.20 bits per heavy atom. The molecule has 0 heterocycles. The third kappa shape index (κ3) is 3.31. The fourth-order valence-corrected chi connectivity index (χ4v) is 2.27. The van der Waals surface area contributed by atoms with Gasteiger partial charge in [-0.3, -0.25) is 4.79 Å². The zero-order chi connectivity index (χ0) is 14.5. The van der Waals surface area contributed by atoms with Crippen molar-refractivity contribution in [2.75, 3.05) is 6.61 Å². The first-order valence-electron chi connectivity index (χ1n) is 6.34. The molecule has 0 amide bonds. The first-order chi connectivity index (χ1) is 9.61. The number of benzene rings is 2. The molecule has 0 unspecified atom stereocenters. The quantitative estimate of drug-likeness (QED) is 0.904. The van der Waals surface area contributed by atoms with Crippen LogP contribution in [0.1, 0.15) is 12.5 Å². The van der Waals surface area contributed by atoms with Crippen LogP contribution in [0.25, 0.3) is 11.1 Å². The van der Waals surface area contributed by atoms with Crippen LogP contribution in [0.2, 0.25) is 5.02 Å². The van der Waals surface area contributed by atoms with Crippen LogP contribution >= 0.6 is 11.6 Å². The third-order valence-electron chi connectivity index (χ3n) is 2.89. The summed E-state index contributed by atoms with van der Waals surface area (Å²) in [4.78, 5) is 11.0. The van der Waals surface area contributed by atoms with E-state index in [1.165, 1.54) is 0 Å². The average molecular weight is 291 g/mol. The molecule has 0 aliphatic heterocycles. The predicted molar refractivity (Wildman–Crippen MR) is 79.4 cm³/mol. The standard InChI is InChI=1S/C16H15ClO3/c1-2-20-15-8-7-12(17)10-14(15)13-6-4-3-5-11(13)9-16(18)19/h3-8,10H,2,9H2,1H3,(H,18,19). The van der Waals surface area contributed by atoms with Crippen LogP contribution in [0.5, 0.6) is 5.75 Å². The third-order valence-corrected chi connectivity index (χ3v) is 3.13. The Morgan fingerprint density at radius 2 is 1.95 bits per heavy atom. The van der Waals surface area contributed by atoms with Gasteiger partial charge in [-0.05, 0) is 36.2 Å². The van der Waals surface area contributed by atoms with E-state index in [-0.39, 0.29) is 6.42 Å². The van der Waals surface area contributed by atoms with Crippen LogP contribution in [0.15, 0.2) is 42.5 Å². The van der Waals surface area contributed by atoms with Crippen molar-refractivity contribution < 1.29 is 14.6 Å². The summed E-state index contributed by atoms with van der Waals surface area (Å²) >= 11 is 6.05. The van der Waals surface area contributed by atoms with Gasteiger partial charge in [-0.2, -0.15) is 0 Å². The molecule has 2 aromatic rings. The van der Waals surface area contributed by atoms with E-state index in [4.69, 9.17) is 21.4 Å². The summed E-state index contributed by atoms with van der Waals surface area (Å²) in [7, 11) is 0. The molecule has 0 bridgehead atoms. The van der Waals surface area contributed by atoms with Crippen LogP contribution < -0.4 is 4.74 Å². The Bertz CT molecular complexity index is 623. The average Bonchev–Trinajstić information content (AvgIpc) is 2.41. The molecular weight excluding hydrogens is 276 g/mol. The van der Waals surface area contributed by atoms with Gasteiger partial charge in [0.05, 0.1) is 13.0 Å². The van der Waals surface area contributed by atoms with E-state index < -0.39 is 5.97 Å². The number of rotatable bonds is 5. The minimum absolute atomic E-state index is 0.0335. The van der Waals surface area contributed by atoms with Crippen molar-refractivity contribution in [3.05, 3.63) is 53.1 Å². The van der Waals surface area contributed by atoms with Gasteiger partial charge in [0.2, 0.25) is 0 Å². The maximum atomic E-state index is 11.0. The van der Waals surface area contributed by atoms with Gasteiger partial charge in [-0.25, -0.2) is 0 Å². The summed E-state index contributed by atoms with van der Waals surface area (Å²) in [6, 6.07) is 12.7. The summed E-state index contributed by atoms with van der Waals surface area (Å²) in [5, 5.41) is 9.60. The normalized spacial score (nSPS) is 10.3. The second kappa shape index (κ2) is 6.44. The Hall–Kier alpha value is -2.00. The van der Waals surface area contributed by atoms with E-state index in [1.807, 2.05) is 25.1 Å². The van der Waals surface area contributed by atoms with E-state index in [2.05, 4.69) is 0 Å². The Labute approximate surface area is 122 Å². The van der Waals surface area contributed by atoms with E-state index in [9.17, 15) is 4.79 Å². The number of carbonyl (C=O) groups is 1. The number of halogens is 1. The van der Waals surface area contributed by atoms with Gasteiger partial charge in [0, 0.05) is 10.6 Å². The smallest absolute Gasteiger partial charge is 0.307 e. The maximum Gasteiger partial charge on any atom is 0.307 e. The zero-order valence-corrected chi connectivity index (χ0v) is 11.9. The number of hydrogen-bond acceptors (Lipinski definition) is 2. The van der Waals surface area contributed by atoms with E-state index in [0.717, 1.165) is 16.7 Å². The van der Waals surface area contributed by atoms with Crippen LogP contribution in [-0.4, -0.2) is 17.7 Å². The molecule has 0 aromatic heterocycles. The zero-order valence-electron chi connectivity index (χ0n) is 11.1. The van der Waals surface area contributed by atoms with Crippen molar-refractivity contribution in [3.8, 4) is 16.9 Å². The van der Waals surface area contributed by atoms with Gasteiger partial charge in [0.25, 0.3) is 0 Å². The topological polar surface area (TPSA) is 46.5 Å². The number of hydrogen-bond donors (Lipinski definition) is 1. The highest BCUT2D eigenvalue weighted by atomic mass is 35.5. The maximum absolute atomic E-state index is 11.0. The van der Waals surface area contributed by atoms with E-state index in [1.54, 1.807) is 24.3 Å². The van der Waals surface area contributed by atoms with Crippen LogP contribution in [0.4, 0.5) is 0 Å². The Balaban J connectivity index is 2.55. The Kier molecular flexibility index (Phi) is 4.64. The van der Waals surface area contributed by atoms with Crippen molar-refractivity contribution in [3.63, 3.8) is 0 Å². The molecule has 4 heteroatoms. The molecule has 104 valence electrons. The molecule has 0 fully saturated rings. The van der Waals surface area contributed by atoms with Gasteiger partial charge in [-0.1, -0.05) is 35.9 Å². The highest BCUT2D eigenvalue weighted by Gasteiger charge is 2.13. The number of aliphatic carboxylic acids is 1. The van der Waals surface area contributed by atoms with Crippen LogP contribution in [-0.2, 0) is 11.2 Å². The predicted octanol–water partition coefficient (Wildman–Crippen LogP) is 4.03. The van der Waals surface area contributed by atoms with E-state index in [0.29, 0.717) is 17.4 Å². The molecule has 0 radical (unpaired) electrons. The second-order valence-electron chi connectivity index (χ2n) is 4.30. The van der Waals surface area contributed by atoms with Crippen LogP contribution in [0, 0.1) is 0 Å². The highest BCUT2D eigenvalue weighted by Crippen LogP contribution is 2.34. The molecule has 1 N–H and O–H groups in total. The molecule has 2 aromatic carbocycles. The monoisotopic (exact) mass is 290 g/mol. The lowest BCUT2D eigenvalue weighted by molar-refractivity contribution is -0.136. The molecule has 0 aliphatic rings. The molecule has 20 heavy (non-hydrogen) atoms. The van der Waals surface area contributed by atoms with Crippen molar-refractivity contribution in [2.24, 2.45) is 0 Å². The summed E-state index contributed by atoms with van der Waals surface area (Å²) in [6.07, 6.45) is -0.0335. The lowest BCUT2D eigenvalue weighted by Gasteiger charge is -2.13. The summed E-state index contributed by atoms with van der Waals surface area (Å²) in [6.45, 7) is 2.44. The SMILES string of the molecule is CCOc1ccc(Cl)cc1-c1ccccc1CC(=O)O. The number of carboxylic acids is 1. The minimum atomic E-state index is -0.863. The lowest BCUT2D eigenvalue weighted by atomic mass is 9.97. The molecular formula is C16H15ClO3. The molecule has 0 spiro atoms. The van der Waals surface area contributed by atoms with Crippen molar-refractivity contribution >= 4 is 17.6 Å². The van der Waals surface area contributed by atoms with Crippen molar-refractivity contribution in [1.29, 1.82) is 0 Å². The number of ether oxygens (including phenoxy) is 1. The van der Waals surface area contributed by atoms with Gasteiger partial charge in [-0.15, -0.1) is 0 Å². The molecule has 3 nitrogen and oxygen atoms in total. The summed E-state index contributed by atoms with van der Waals surface area (Å²) < 4.78 is 5.60. The van der Waals surface area contributed by atoms with E-state index >= 15 is 0 Å². The summed E-state index contributed by atoms with van der Waals surface area (Å²) in [5.74, 6) is -0.160. The fourth-order valence-electron chi connectivity index (χ4n) is 2.09. The van der Waals surface area contributed by atoms with Gasteiger partial charge in [0.15, 0.2) is 0 Å². The van der Waals surface area contributed by atoms with Crippen LogP contribution in [0.3, 0.4) is 0 Å². The first kappa shape index (κ1) is 14.4. The minimum Gasteiger partial charge on any atom is -0.493 e. The van der Waals surface area contributed by atoms with Gasteiger partial charge < -0.3 is 9.84 Å². The highest BCUT2D eigenvalue weighted by molar-refractivity contribution is 6.31. The van der Waals surface area contributed by atoms with Crippen molar-refractivity contribution in [2.45, 2.75) is 13.3 Å². The Morgan fingerprint density at radius 3 is 2.65 bits per heavy atom. The molecule has 2 rings (SSSR count). The second-order valence-corrected chi connectivity index (χ2v) is 4.74. The van der Waals surface area contributed by atoms with Crippen molar-refractivity contribution in [1.82, 2.24) is 0 Å². The molecule has 0 aliphatic carbocycles. The molecule has 0 saturated carbocycles. The molecule has 0 saturated heterocycles.